The number of carbonyl (C=O) groups excluding carboxylic acids is 2. The highest BCUT2D eigenvalue weighted by Gasteiger charge is 2.36. The van der Waals surface area contributed by atoms with Gasteiger partial charge >= 0.3 is 0 Å². The molecule has 0 saturated carbocycles. The summed E-state index contributed by atoms with van der Waals surface area (Å²) in [7, 11) is -3.72. The molecule has 1 atom stereocenters. The van der Waals surface area contributed by atoms with Crippen LogP contribution in [-0.2, 0) is 14.8 Å². The molecular formula is C23H26N4O4S2. The number of hydrogen-bond donors (Lipinski definition) is 1. The van der Waals surface area contributed by atoms with Gasteiger partial charge in [-0.1, -0.05) is 19.9 Å². The SMILES string of the molecule is CCN(CC)S(=O)(=O)c1ccc(C)c(C(=O)N2CSCC2C(=O)Nc2ccc(C#N)cc2)c1. The summed E-state index contributed by atoms with van der Waals surface area (Å²) in [6.07, 6.45) is 0. The van der Waals surface area contributed by atoms with Gasteiger partial charge in [0.1, 0.15) is 6.04 Å². The average molecular weight is 487 g/mol. The van der Waals surface area contributed by atoms with Crippen molar-refractivity contribution >= 4 is 39.3 Å². The van der Waals surface area contributed by atoms with Crippen molar-refractivity contribution in [3.63, 3.8) is 0 Å². The number of nitriles is 1. The molecule has 2 amide bonds. The number of aryl methyl sites for hydroxylation is 1. The predicted octanol–water partition coefficient (Wildman–Crippen LogP) is 3.05. The number of hydrogen-bond acceptors (Lipinski definition) is 6. The minimum Gasteiger partial charge on any atom is -0.324 e. The van der Waals surface area contributed by atoms with Crippen LogP contribution in [-0.4, -0.2) is 60.2 Å². The molecule has 0 aromatic heterocycles. The van der Waals surface area contributed by atoms with E-state index < -0.39 is 16.1 Å². The Morgan fingerprint density at radius 2 is 1.85 bits per heavy atom. The Morgan fingerprint density at radius 1 is 1.18 bits per heavy atom. The van der Waals surface area contributed by atoms with E-state index in [9.17, 15) is 18.0 Å². The molecule has 0 radical (unpaired) electrons. The molecule has 1 unspecified atom stereocenters. The van der Waals surface area contributed by atoms with Gasteiger partial charge < -0.3 is 10.2 Å². The van der Waals surface area contributed by atoms with Gasteiger partial charge in [-0.3, -0.25) is 9.59 Å². The summed E-state index contributed by atoms with van der Waals surface area (Å²) in [4.78, 5) is 27.8. The molecule has 2 aromatic rings. The van der Waals surface area contributed by atoms with E-state index in [2.05, 4.69) is 5.32 Å². The highest BCUT2D eigenvalue weighted by molar-refractivity contribution is 7.99. The molecule has 174 valence electrons. The maximum atomic E-state index is 13.4. The molecule has 1 heterocycles. The lowest BCUT2D eigenvalue weighted by atomic mass is 10.1. The third-order valence-corrected chi connectivity index (χ3v) is 8.57. The van der Waals surface area contributed by atoms with Crippen LogP contribution in [0.4, 0.5) is 5.69 Å². The molecule has 0 spiro atoms. The van der Waals surface area contributed by atoms with E-state index in [0.717, 1.165) is 0 Å². The van der Waals surface area contributed by atoms with Crippen LogP contribution < -0.4 is 5.32 Å². The van der Waals surface area contributed by atoms with Crippen molar-refractivity contribution in [3.8, 4) is 6.07 Å². The lowest BCUT2D eigenvalue weighted by Gasteiger charge is -2.24. The normalized spacial score (nSPS) is 16.0. The monoisotopic (exact) mass is 486 g/mol. The van der Waals surface area contributed by atoms with Gasteiger partial charge in [0.05, 0.1) is 22.4 Å². The number of amides is 2. The van der Waals surface area contributed by atoms with Gasteiger partial charge in [-0.15, -0.1) is 11.8 Å². The zero-order valence-corrected chi connectivity index (χ0v) is 20.4. The molecule has 0 bridgehead atoms. The summed E-state index contributed by atoms with van der Waals surface area (Å²) in [6, 6.07) is 12.3. The van der Waals surface area contributed by atoms with Crippen molar-refractivity contribution in [2.75, 3.05) is 30.0 Å². The topological polar surface area (TPSA) is 111 Å². The van der Waals surface area contributed by atoms with Crippen LogP contribution in [0.3, 0.4) is 0 Å². The van der Waals surface area contributed by atoms with Crippen LogP contribution in [0.15, 0.2) is 47.4 Å². The van der Waals surface area contributed by atoms with Crippen molar-refractivity contribution in [1.82, 2.24) is 9.21 Å². The van der Waals surface area contributed by atoms with Crippen LogP contribution in [0.1, 0.15) is 35.3 Å². The largest absolute Gasteiger partial charge is 0.324 e. The Kier molecular flexibility index (Phi) is 7.79. The first-order valence-corrected chi connectivity index (χ1v) is 13.1. The molecule has 10 heteroatoms. The number of anilines is 1. The number of carbonyl (C=O) groups is 2. The minimum atomic E-state index is -3.72. The van der Waals surface area contributed by atoms with Gasteiger partial charge in [0, 0.05) is 30.1 Å². The van der Waals surface area contributed by atoms with Crippen molar-refractivity contribution < 1.29 is 18.0 Å². The summed E-state index contributed by atoms with van der Waals surface area (Å²) in [5.41, 5.74) is 1.92. The van der Waals surface area contributed by atoms with E-state index in [0.29, 0.717) is 41.5 Å². The van der Waals surface area contributed by atoms with Crippen molar-refractivity contribution in [3.05, 3.63) is 59.2 Å². The minimum absolute atomic E-state index is 0.0607. The predicted molar refractivity (Wildman–Crippen MR) is 128 cm³/mol. The first-order chi connectivity index (χ1) is 15.7. The van der Waals surface area contributed by atoms with Crippen LogP contribution in [0.2, 0.25) is 0 Å². The number of nitrogens with zero attached hydrogens (tertiary/aromatic N) is 3. The zero-order chi connectivity index (χ0) is 24.2. The Bertz CT molecular complexity index is 1190. The van der Waals surface area contributed by atoms with Crippen molar-refractivity contribution in [1.29, 1.82) is 5.26 Å². The van der Waals surface area contributed by atoms with Gasteiger partial charge in [0.2, 0.25) is 15.9 Å². The summed E-state index contributed by atoms with van der Waals surface area (Å²) < 4.78 is 27.2. The number of rotatable bonds is 7. The quantitative estimate of drug-likeness (QED) is 0.644. The molecule has 33 heavy (non-hydrogen) atoms. The molecule has 8 nitrogen and oxygen atoms in total. The Balaban J connectivity index is 1.84. The maximum Gasteiger partial charge on any atom is 0.255 e. The first kappa shape index (κ1) is 24.8. The summed E-state index contributed by atoms with van der Waals surface area (Å²) in [6.45, 7) is 5.93. The molecule has 1 aliphatic rings. The van der Waals surface area contributed by atoms with Crippen molar-refractivity contribution in [2.45, 2.75) is 31.7 Å². The second kappa shape index (κ2) is 10.4. The van der Waals surface area contributed by atoms with Crippen molar-refractivity contribution in [2.24, 2.45) is 0 Å². The fourth-order valence-corrected chi connectivity index (χ4v) is 6.21. The van der Waals surface area contributed by atoms with E-state index in [4.69, 9.17) is 5.26 Å². The van der Waals surface area contributed by atoms with E-state index in [1.165, 1.54) is 33.1 Å². The summed E-state index contributed by atoms with van der Waals surface area (Å²) in [5.74, 6) is 0.0536. The van der Waals surface area contributed by atoms with Gasteiger partial charge in [-0.05, 0) is 48.9 Å². The van der Waals surface area contributed by atoms with Crippen LogP contribution in [0.25, 0.3) is 0 Å². The summed E-state index contributed by atoms with van der Waals surface area (Å²) >= 11 is 1.46. The molecule has 1 saturated heterocycles. The fourth-order valence-electron chi connectivity index (χ4n) is 3.57. The number of nitrogens with one attached hydrogen (secondary N) is 1. The Morgan fingerprint density at radius 3 is 2.45 bits per heavy atom. The second-order valence-electron chi connectivity index (χ2n) is 7.54. The maximum absolute atomic E-state index is 13.4. The molecule has 1 aliphatic heterocycles. The second-order valence-corrected chi connectivity index (χ2v) is 10.5. The fraction of sp³-hybridized carbons (Fsp3) is 0.348. The number of thioether (sulfide) groups is 1. The standard InChI is InChI=1S/C23H26N4O4S2/c1-4-26(5-2)33(30,31)19-11-6-16(3)20(12-19)23(29)27-15-32-14-21(27)22(28)25-18-9-7-17(13-24)8-10-18/h6-12,21H,4-5,14-15H2,1-3H3,(H,25,28). The molecule has 1 N–H and O–H groups in total. The van der Waals surface area contributed by atoms with Gasteiger partial charge in [0.15, 0.2) is 0 Å². The third-order valence-electron chi connectivity index (χ3n) is 5.51. The van der Waals surface area contributed by atoms with E-state index in [-0.39, 0.29) is 22.3 Å². The van der Waals surface area contributed by atoms with Crippen LogP contribution in [0.5, 0.6) is 0 Å². The first-order valence-electron chi connectivity index (χ1n) is 10.5. The van der Waals surface area contributed by atoms with Crippen LogP contribution in [0, 0.1) is 18.3 Å². The lowest BCUT2D eigenvalue weighted by Crippen LogP contribution is -2.44. The van der Waals surface area contributed by atoms with E-state index in [1.807, 2.05) is 6.07 Å². The highest BCUT2D eigenvalue weighted by atomic mass is 32.2. The molecular weight excluding hydrogens is 460 g/mol. The molecule has 3 rings (SSSR count). The Labute approximate surface area is 198 Å². The van der Waals surface area contributed by atoms with Gasteiger partial charge in [-0.25, -0.2) is 8.42 Å². The lowest BCUT2D eigenvalue weighted by molar-refractivity contribution is -0.119. The van der Waals surface area contributed by atoms with E-state index >= 15 is 0 Å². The summed E-state index contributed by atoms with van der Waals surface area (Å²) in [5, 5.41) is 11.7. The van der Waals surface area contributed by atoms with Gasteiger partial charge in [0.25, 0.3) is 5.91 Å². The molecule has 2 aromatic carbocycles. The number of sulfonamides is 1. The van der Waals surface area contributed by atoms with Gasteiger partial charge in [-0.2, -0.15) is 9.57 Å². The molecule has 1 fully saturated rings. The van der Waals surface area contributed by atoms with Crippen LogP contribution >= 0.6 is 11.8 Å². The van der Waals surface area contributed by atoms with E-state index in [1.54, 1.807) is 51.1 Å². The Hall–Kier alpha value is -2.87. The smallest absolute Gasteiger partial charge is 0.255 e. The molecule has 0 aliphatic carbocycles. The number of benzene rings is 2. The third kappa shape index (κ3) is 5.21. The zero-order valence-electron chi connectivity index (χ0n) is 18.7. The average Bonchev–Trinajstić information content (AvgIpc) is 3.30. The highest BCUT2D eigenvalue weighted by Crippen LogP contribution is 2.27.